The fraction of sp³-hybridized carbons (Fsp3) is 0.571. The molecular weight excluding hydrogens is 229 g/mol. The molecule has 3 nitrogen and oxygen atoms in total. The summed E-state index contributed by atoms with van der Waals surface area (Å²) in [5.74, 6) is 0.475. The molecule has 1 aliphatic heterocycles. The van der Waals surface area contributed by atoms with Gasteiger partial charge < -0.3 is 15.5 Å². The second kappa shape index (κ2) is 5.67. The third kappa shape index (κ3) is 3.00. The molecule has 18 heavy (non-hydrogen) atoms. The van der Waals surface area contributed by atoms with E-state index < -0.39 is 0 Å². The highest BCUT2D eigenvalue weighted by Gasteiger charge is 2.21. The lowest BCUT2D eigenvalue weighted by atomic mass is 10.1. The molecule has 0 spiro atoms. The van der Waals surface area contributed by atoms with E-state index in [2.05, 4.69) is 16.8 Å². The van der Waals surface area contributed by atoms with Gasteiger partial charge >= 0.3 is 0 Å². The maximum absolute atomic E-state index is 13.7. The lowest BCUT2D eigenvalue weighted by molar-refractivity contribution is 0.396. The van der Waals surface area contributed by atoms with Crippen LogP contribution in [-0.2, 0) is 6.54 Å². The van der Waals surface area contributed by atoms with E-state index >= 15 is 0 Å². The molecule has 0 aromatic heterocycles. The molecule has 1 saturated heterocycles. The highest BCUT2D eigenvalue weighted by molar-refractivity contribution is 5.47. The molecule has 2 rings (SSSR count). The van der Waals surface area contributed by atoms with Gasteiger partial charge in [-0.25, -0.2) is 4.39 Å². The minimum atomic E-state index is -0.203. The Morgan fingerprint density at radius 2 is 2.28 bits per heavy atom. The zero-order valence-corrected chi connectivity index (χ0v) is 11.2. The van der Waals surface area contributed by atoms with Crippen molar-refractivity contribution in [1.82, 2.24) is 4.90 Å². The first-order valence-corrected chi connectivity index (χ1v) is 6.48. The maximum atomic E-state index is 13.7. The highest BCUT2D eigenvalue weighted by atomic mass is 19.1. The summed E-state index contributed by atoms with van der Waals surface area (Å²) in [5, 5.41) is 0. The van der Waals surface area contributed by atoms with Gasteiger partial charge in [0.15, 0.2) is 0 Å². The summed E-state index contributed by atoms with van der Waals surface area (Å²) in [4.78, 5) is 4.48. The van der Waals surface area contributed by atoms with Crippen LogP contribution in [0, 0.1) is 11.7 Å². The molecule has 0 saturated carbocycles. The molecule has 0 aliphatic carbocycles. The maximum Gasteiger partial charge on any atom is 0.129 e. The van der Waals surface area contributed by atoms with Crippen molar-refractivity contribution in [1.29, 1.82) is 0 Å². The summed E-state index contributed by atoms with van der Waals surface area (Å²) in [6, 6.07) is 5.31. The molecular formula is C14H22FN3. The van der Waals surface area contributed by atoms with Crippen LogP contribution in [0.1, 0.15) is 12.0 Å². The SMILES string of the molecule is CN1CCC(CN(C)c2ccc(CN)c(F)c2)C1. The number of halogens is 1. The van der Waals surface area contributed by atoms with Crippen molar-refractivity contribution >= 4 is 5.69 Å². The van der Waals surface area contributed by atoms with Crippen LogP contribution in [-0.4, -0.2) is 38.6 Å². The summed E-state index contributed by atoms with van der Waals surface area (Å²) < 4.78 is 13.7. The van der Waals surface area contributed by atoms with E-state index in [1.54, 1.807) is 12.1 Å². The van der Waals surface area contributed by atoms with E-state index in [1.165, 1.54) is 13.0 Å². The number of rotatable bonds is 4. The molecule has 1 fully saturated rings. The molecule has 1 unspecified atom stereocenters. The Labute approximate surface area is 108 Å². The minimum absolute atomic E-state index is 0.203. The van der Waals surface area contributed by atoms with Gasteiger partial charge in [-0.2, -0.15) is 0 Å². The van der Waals surface area contributed by atoms with E-state index in [0.717, 1.165) is 18.8 Å². The Morgan fingerprint density at radius 3 is 2.83 bits per heavy atom. The van der Waals surface area contributed by atoms with Crippen LogP contribution in [0.4, 0.5) is 10.1 Å². The van der Waals surface area contributed by atoms with Crippen LogP contribution in [0.2, 0.25) is 0 Å². The molecule has 0 amide bonds. The predicted molar refractivity (Wildman–Crippen MR) is 73.2 cm³/mol. The van der Waals surface area contributed by atoms with Crippen molar-refractivity contribution in [3.05, 3.63) is 29.6 Å². The Bertz CT molecular complexity index is 408. The summed E-state index contributed by atoms with van der Waals surface area (Å²) >= 11 is 0. The summed E-state index contributed by atoms with van der Waals surface area (Å²) in [5.41, 5.74) is 6.97. The lowest BCUT2D eigenvalue weighted by Crippen LogP contribution is -2.27. The first-order valence-electron chi connectivity index (χ1n) is 6.48. The number of hydrogen-bond acceptors (Lipinski definition) is 3. The largest absolute Gasteiger partial charge is 0.374 e. The second-order valence-electron chi connectivity index (χ2n) is 5.28. The topological polar surface area (TPSA) is 32.5 Å². The molecule has 4 heteroatoms. The average Bonchev–Trinajstić information content (AvgIpc) is 2.74. The standard InChI is InChI=1S/C14H22FN3/c1-17-6-5-11(9-17)10-18(2)13-4-3-12(8-16)14(15)7-13/h3-4,7,11H,5-6,8-10,16H2,1-2H3. The lowest BCUT2D eigenvalue weighted by Gasteiger charge is -2.23. The van der Waals surface area contributed by atoms with Crippen molar-refractivity contribution in [2.75, 3.05) is 38.6 Å². The second-order valence-corrected chi connectivity index (χ2v) is 5.28. The van der Waals surface area contributed by atoms with E-state index in [9.17, 15) is 4.39 Å². The molecule has 0 radical (unpaired) electrons. The van der Waals surface area contributed by atoms with Crippen LogP contribution < -0.4 is 10.6 Å². The Hall–Kier alpha value is -1.13. The summed E-state index contributed by atoms with van der Waals surface area (Å²) in [6.07, 6.45) is 1.23. The smallest absolute Gasteiger partial charge is 0.129 e. The van der Waals surface area contributed by atoms with Gasteiger partial charge in [0, 0.05) is 37.9 Å². The average molecular weight is 251 g/mol. The van der Waals surface area contributed by atoms with Crippen LogP contribution in [0.15, 0.2) is 18.2 Å². The minimum Gasteiger partial charge on any atom is -0.374 e. The summed E-state index contributed by atoms with van der Waals surface area (Å²) in [7, 11) is 4.17. The van der Waals surface area contributed by atoms with Gasteiger partial charge in [-0.05, 0) is 38.1 Å². The van der Waals surface area contributed by atoms with Gasteiger partial charge in [-0.3, -0.25) is 0 Å². The van der Waals surface area contributed by atoms with Crippen molar-refractivity contribution in [2.45, 2.75) is 13.0 Å². The van der Waals surface area contributed by atoms with Gasteiger partial charge in [0.2, 0.25) is 0 Å². The fourth-order valence-corrected chi connectivity index (χ4v) is 2.61. The number of nitrogens with zero attached hydrogens (tertiary/aromatic N) is 2. The molecule has 1 aromatic rings. The number of nitrogens with two attached hydrogens (primary N) is 1. The fourth-order valence-electron chi connectivity index (χ4n) is 2.61. The van der Waals surface area contributed by atoms with Crippen LogP contribution in [0.25, 0.3) is 0 Å². The number of likely N-dealkylation sites (tertiary alicyclic amines) is 1. The van der Waals surface area contributed by atoms with Gasteiger partial charge in [0.05, 0.1) is 0 Å². The zero-order valence-electron chi connectivity index (χ0n) is 11.2. The molecule has 2 N–H and O–H groups in total. The van der Waals surface area contributed by atoms with E-state index in [4.69, 9.17) is 5.73 Å². The predicted octanol–water partition coefficient (Wildman–Crippen LogP) is 1.67. The Balaban J connectivity index is 2.00. The zero-order chi connectivity index (χ0) is 13.1. The number of hydrogen-bond donors (Lipinski definition) is 1. The highest BCUT2D eigenvalue weighted by Crippen LogP contribution is 2.21. The van der Waals surface area contributed by atoms with Crippen LogP contribution >= 0.6 is 0 Å². The van der Waals surface area contributed by atoms with Crippen LogP contribution in [0.5, 0.6) is 0 Å². The third-order valence-electron chi connectivity index (χ3n) is 3.72. The first kappa shape index (κ1) is 13.3. The third-order valence-corrected chi connectivity index (χ3v) is 3.72. The molecule has 1 atom stereocenters. The van der Waals surface area contributed by atoms with Crippen molar-refractivity contribution in [3.63, 3.8) is 0 Å². The van der Waals surface area contributed by atoms with Crippen molar-refractivity contribution in [2.24, 2.45) is 11.7 Å². The molecule has 1 heterocycles. The van der Waals surface area contributed by atoms with E-state index in [-0.39, 0.29) is 12.4 Å². The normalized spacial score (nSPS) is 20.3. The quantitative estimate of drug-likeness (QED) is 0.883. The van der Waals surface area contributed by atoms with Crippen molar-refractivity contribution < 1.29 is 4.39 Å². The van der Waals surface area contributed by atoms with Gasteiger partial charge in [0.25, 0.3) is 0 Å². The van der Waals surface area contributed by atoms with E-state index in [0.29, 0.717) is 11.5 Å². The first-order chi connectivity index (χ1) is 8.60. The summed E-state index contributed by atoms with van der Waals surface area (Å²) in [6.45, 7) is 3.53. The van der Waals surface area contributed by atoms with Gasteiger partial charge in [-0.1, -0.05) is 6.07 Å². The monoisotopic (exact) mass is 251 g/mol. The molecule has 1 aliphatic rings. The number of benzene rings is 1. The van der Waals surface area contributed by atoms with E-state index in [1.807, 2.05) is 13.1 Å². The van der Waals surface area contributed by atoms with Crippen molar-refractivity contribution in [3.8, 4) is 0 Å². The molecule has 100 valence electrons. The Kier molecular flexibility index (Phi) is 4.19. The molecule has 0 bridgehead atoms. The molecule has 1 aromatic carbocycles. The number of anilines is 1. The van der Waals surface area contributed by atoms with Gasteiger partial charge in [-0.15, -0.1) is 0 Å². The Morgan fingerprint density at radius 1 is 1.50 bits per heavy atom. The van der Waals surface area contributed by atoms with Gasteiger partial charge in [0.1, 0.15) is 5.82 Å². The van der Waals surface area contributed by atoms with Crippen LogP contribution in [0.3, 0.4) is 0 Å².